The number of hydrogen-bond acceptors (Lipinski definition) is 7. The summed E-state index contributed by atoms with van der Waals surface area (Å²) in [6.07, 6.45) is -0.654. The van der Waals surface area contributed by atoms with Crippen LogP contribution in [0.4, 0.5) is 13.2 Å². The van der Waals surface area contributed by atoms with E-state index in [1.165, 1.54) is 11.1 Å². The molecule has 1 aromatic carbocycles. The monoisotopic (exact) mass is 464 g/mol. The van der Waals surface area contributed by atoms with Crippen molar-refractivity contribution in [2.45, 2.75) is 38.9 Å². The fraction of sp³-hybridized carbons (Fsp3) is 0.364. The zero-order valence-corrected chi connectivity index (χ0v) is 17.9. The van der Waals surface area contributed by atoms with Gasteiger partial charge in [-0.15, -0.1) is 0 Å². The number of benzene rings is 1. The molecule has 0 saturated heterocycles. The molecule has 2 aromatic heterocycles. The van der Waals surface area contributed by atoms with Gasteiger partial charge in [-0.25, -0.2) is 4.79 Å². The molecule has 0 amide bonds. The Morgan fingerprint density at radius 3 is 2.70 bits per heavy atom. The number of nitrogens with one attached hydrogen (secondary N) is 1. The Hall–Kier alpha value is -3.47. The second kappa shape index (κ2) is 10.9. The molecular weight excluding hydrogens is 441 g/mol. The van der Waals surface area contributed by atoms with Gasteiger partial charge in [0.05, 0.1) is 6.61 Å². The summed E-state index contributed by atoms with van der Waals surface area (Å²) < 4.78 is 42.9. The smallest absolute Gasteiger partial charge is 0.490 e. The van der Waals surface area contributed by atoms with E-state index in [-0.39, 0.29) is 0 Å². The summed E-state index contributed by atoms with van der Waals surface area (Å²) in [5, 5.41) is 14.7. The molecule has 3 heterocycles. The molecule has 0 unspecified atom stereocenters. The van der Waals surface area contributed by atoms with E-state index >= 15 is 0 Å². The van der Waals surface area contributed by atoms with Crippen molar-refractivity contribution < 1.29 is 32.3 Å². The van der Waals surface area contributed by atoms with Gasteiger partial charge in [0.1, 0.15) is 5.75 Å². The molecule has 2 N–H and O–H groups in total. The Morgan fingerprint density at radius 1 is 1.27 bits per heavy atom. The minimum absolute atomic E-state index is 0.620. The van der Waals surface area contributed by atoms with Gasteiger partial charge in [-0.1, -0.05) is 23.4 Å². The van der Waals surface area contributed by atoms with E-state index in [2.05, 4.69) is 20.4 Å². The number of alkyl halides is 3. The van der Waals surface area contributed by atoms with Gasteiger partial charge in [-0.05, 0) is 49.6 Å². The largest absolute Gasteiger partial charge is 0.494 e. The number of fused-ring (bicyclic) bond motifs is 1. The number of aliphatic carboxylic acids is 1. The Bertz CT molecular complexity index is 1070. The number of carboxylic acids is 1. The van der Waals surface area contributed by atoms with Crippen molar-refractivity contribution in [2.24, 2.45) is 0 Å². The van der Waals surface area contributed by atoms with Crippen LogP contribution < -0.4 is 10.1 Å². The maximum atomic E-state index is 10.6. The lowest BCUT2D eigenvalue weighted by molar-refractivity contribution is -0.192. The minimum atomic E-state index is -5.08. The average Bonchev–Trinajstić information content (AvgIpc) is 3.25. The fourth-order valence-corrected chi connectivity index (χ4v) is 3.26. The summed E-state index contributed by atoms with van der Waals surface area (Å²) in [7, 11) is 0. The third-order valence-corrected chi connectivity index (χ3v) is 4.81. The average molecular weight is 464 g/mol. The van der Waals surface area contributed by atoms with Crippen LogP contribution in [-0.4, -0.2) is 45.5 Å². The summed E-state index contributed by atoms with van der Waals surface area (Å²) >= 11 is 0. The number of ether oxygens (including phenoxy) is 1. The van der Waals surface area contributed by atoms with Crippen LogP contribution >= 0.6 is 0 Å². The Kier molecular flexibility index (Phi) is 7.99. The van der Waals surface area contributed by atoms with Gasteiger partial charge in [-0.2, -0.15) is 18.2 Å². The number of carboxylic acid groups (broad SMARTS) is 1. The second-order valence-corrected chi connectivity index (χ2v) is 7.23. The van der Waals surface area contributed by atoms with Gasteiger partial charge in [0.15, 0.2) is 0 Å². The molecular formula is C22H23F3N4O4. The summed E-state index contributed by atoms with van der Waals surface area (Å²) in [4.78, 5) is 18.0. The molecule has 8 nitrogen and oxygen atoms in total. The number of rotatable bonds is 6. The van der Waals surface area contributed by atoms with Crippen LogP contribution in [0.1, 0.15) is 29.1 Å². The highest BCUT2D eigenvalue weighted by atomic mass is 19.4. The van der Waals surface area contributed by atoms with E-state index < -0.39 is 12.1 Å². The first-order valence-electron chi connectivity index (χ1n) is 10.2. The normalized spacial score (nSPS) is 13.0. The van der Waals surface area contributed by atoms with Gasteiger partial charge in [0.25, 0.3) is 0 Å². The number of nitrogens with zero attached hydrogens (tertiary/aromatic N) is 3. The van der Waals surface area contributed by atoms with Gasteiger partial charge in [0, 0.05) is 30.4 Å². The maximum Gasteiger partial charge on any atom is 0.490 e. The molecule has 33 heavy (non-hydrogen) atoms. The van der Waals surface area contributed by atoms with E-state index in [1.807, 2.05) is 43.5 Å². The third-order valence-electron chi connectivity index (χ3n) is 4.81. The molecule has 0 atom stereocenters. The topological polar surface area (TPSA) is 110 Å². The number of aryl methyl sites for hydroxylation is 2. The zero-order valence-electron chi connectivity index (χ0n) is 17.9. The predicted octanol–water partition coefficient (Wildman–Crippen LogP) is 3.73. The number of hydrogen-bond donors (Lipinski definition) is 2. The highest BCUT2D eigenvalue weighted by molar-refractivity contribution is 5.73. The number of halogens is 3. The van der Waals surface area contributed by atoms with Crippen LogP contribution in [0.5, 0.6) is 5.75 Å². The van der Waals surface area contributed by atoms with Crippen LogP contribution in [0.2, 0.25) is 0 Å². The quantitative estimate of drug-likeness (QED) is 0.531. The molecule has 0 aliphatic carbocycles. The minimum Gasteiger partial charge on any atom is -0.494 e. The van der Waals surface area contributed by atoms with Crippen molar-refractivity contribution in [3.05, 3.63) is 59.2 Å². The number of carbonyl (C=O) groups is 1. The van der Waals surface area contributed by atoms with Crippen molar-refractivity contribution >= 4 is 5.97 Å². The summed E-state index contributed by atoms with van der Waals surface area (Å²) in [5.74, 6) is -0.590. The number of pyridine rings is 1. The summed E-state index contributed by atoms with van der Waals surface area (Å²) in [5.41, 5.74) is 4.49. The lowest BCUT2D eigenvalue weighted by Gasteiger charge is -2.19. The van der Waals surface area contributed by atoms with Crippen molar-refractivity contribution in [2.75, 3.05) is 13.2 Å². The van der Waals surface area contributed by atoms with Crippen molar-refractivity contribution in [1.82, 2.24) is 20.4 Å². The van der Waals surface area contributed by atoms with Crippen LogP contribution in [0.15, 0.2) is 41.1 Å². The van der Waals surface area contributed by atoms with Gasteiger partial charge < -0.3 is 19.7 Å². The van der Waals surface area contributed by atoms with Gasteiger partial charge in [0.2, 0.25) is 11.7 Å². The van der Waals surface area contributed by atoms with E-state index in [0.717, 1.165) is 42.9 Å². The van der Waals surface area contributed by atoms with Crippen LogP contribution in [0.3, 0.4) is 0 Å². The zero-order chi connectivity index (χ0) is 23.8. The molecule has 0 saturated carbocycles. The van der Waals surface area contributed by atoms with E-state index in [1.54, 1.807) is 0 Å². The van der Waals surface area contributed by atoms with Crippen LogP contribution in [0, 0.1) is 6.92 Å². The SMILES string of the molecule is Cc1ncc2c(c1-c1noc(CCCOc3ccccc3)n1)CCNC2.O=C(O)C(F)(F)F. The Labute approximate surface area is 187 Å². The van der Waals surface area contributed by atoms with Crippen molar-refractivity contribution in [1.29, 1.82) is 0 Å². The highest BCUT2D eigenvalue weighted by Gasteiger charge is 2.38. The standard InChI is InChI=1S/C20H22N4O2.C2HF3O2/c1-14-19(17-9-10-21-12-15(17)13-22-14)20-23-18(26-24-20)8-5-11-25-16-6-3-2-4-7-16;3-2(4,5)1(6)7/h2-4,6-7,13,21H,5,8-12H2,1H3;(H,6,7). The van der Waals surface area contributed by atoms with Crippen LogP contribution in [0.25, 0.3) is 11.4 Å². The first-order chi connectivity index (χ1) is 15.8. The molecule has 0 spiro atoms. The fourth-order valence-electron chi connectivity index (χ4n) is 3.26. The van der Waals surface area contributed by atoms with Crippen molar-refractivity contribution in [3.63, 3.8) is 0 Å². The molecule has 1 aliphatic heterocycles. The number of para-hydroxylation sites is 1. The summed E-state index contributed by atoms with van der Waals surface area (Å²) in [6, 6.07) is 9.81. The lowest BCUT2D eigenvalue weighted by Crippen LogP contribution is -2.24. The summed E-state index contributed by atoms with van der Waals surface area (Å²) in [6.45, 7) is 4.43. The Morgan fingerprint density at radius 2 is 2.00 bits per heavy atom. The second-order valence-electron chi connectivity index (χ2n) is 7.23. The van der Waals surface area contributed by atoms with Gasteiger partial charge in [-0.3, -0.25) is 4.98 Å². The molecule has 4 rings (SSSR count). The van der Waals surface area contributed by atoms with Crippen LogP contribution in [-0.2, 0) is 24.2 Å². The van der Waals surface area contributed by atoms with E-state index in [0.29, 0.717) is 24.7 Å². The van der Waals surface area contributed by atoms with E-state index in [9.17, 15) is 13.2 Å². The lowest BCUT2D eigenvalue weighted by atomic mass is 9.95. The molecule has 0 bridgehead atoms. The maximum absolute atomic E-state index is 10.6. The Balaban J connectivity index is 0.000000383. The molecule has 0 fully saturated rings. The molecule has 1 aliphatic rings. The first kappa shape index (κ1) is 24.2. The third kappa shape index (κ3) is 6.75. The molecule has 0 radical (unpaired) electrons. The molecule has 11 heteroatoms. The van der Waals surface area contributed by atoms with E-state index in [4.69, 9.17) is 19.2 Å². The molecule has 3 aromatic rings. The molecule has 176 valence electrons. The number of aromatic nitrogens is 3. The highest BCUT2D eigenvalue weighted by Crippen LogP contribution is 2.28. The van der Waals surface area contributed by atoms with Gasteiger partial charge >= 0.3 is 12.1 Å². The van der Waals surface area contributed by atoms with Crippen molar-refractivity contribution in [3.8, 4) is 17.1 Å². The predicted molar refractivity (Wildman–Crippen MR) is 112 cm³/mol. The first-order valence-corrected chi connectivity index (χ1v) is 10.2.